The molecule has 0 bridgehead atoms. The summed E-state index contributed by atoms with van der Waals surface area (Å²) in [6.07, 6.45) is 0. The molecule has 2 heterocycles. The number of piperazine rings is 1. The summed E-state index contributed by atoms with van der Waals surface area (Å²) in [5, 5.41) is 6.54. The van der Waals surface area contributed by atoms with Gasteiger partial charge in [0, 0.05) is 26.2 Å². The molecule has 1 saturated heterocycles. The molecule has 140 valence electrons. The number of nitrogens with one attached hydrogen (secondary N) is 2. The number of rotatable bonds is 3. The third-order valence-corrected chi connectivity index (χ3v) is 5.38. The maximum absolute atomic E-state index is 13.1. The number of anilines is 1. The highest BCUT2D eigenvalue weighted by Crippen LogP contribution is 2.29. The predicted octanol–water partition coefficient (Wildman–Crippen LogP) is 3.57. The molecule has 0 atom stereocenters. The smallest absolute Gasteiger partial charge is 0.264 e. The number of thiophene rings is 1. The van der Waals surface area contributed by atoms with Gasteiger partial charge >= 0.3 is 0 Å². The van der Waals surface area contributed by atoms with Crippen LogP contribution in [0.15, 0.2) is 24.3 Å². The van der Waals surface area contributed by atoms with Crippen molar-refractivity contribution in [3.05, 3.63) is 51.1 Å². The van der Waals surface area contributed by atoms with Gasteiger partial charge in [-0.2, -0.15) is 0 Å². The molecule has 1 aliphatic rings. The summed E-state index contributed by atoms with van der Waals surface area (Å²) in [6, 6.07) is 5.37. The molecule has 3 rings (SSSR count). The lowest BCUT2D eigenvalue weighted by molar-refractivity contribution is 0.0740. The third-order valence-electron chi connectivity index (χ3n) is 3.93. The van der Waals surface area contributed by atoms with Crippen LogP contribution in [0.3, 0.4) is 0 Å². The molecule has 1 fully saturated rings. The quantitative estimate of drug-likeness (QED) is 0.802. The summed E-state index contributed by atoms with van der Waals surface area (Å²) >= 11 is 7.15. The van der Waals surface area contributed by atoms with Gasteiger partial charge in [0.05, 0.1) is 20.5 Å². The Morgan fingerprint density at radius 3 is 2.62 bits per heavy atom. The molecule has 0 saturated carbocycles. The third kappa shape index (κ3) is 4.54. The van der Waals surface area contributed by atoms with Crippen molar-refractivity contribution in [2.24, 2.45) is 0 Å². The lowest BCUT2D eigenvalue weighted by Crippen LogP contribution is -2.46. The second-order valence-corrected chi connectivity index (χ2v) is 7.20. The molecule has 2 aromatic rings. The molecular formula is C17H18Cl2FN3O2S. The van der Waals surface area contributed by atoms with Crippen LogP contribution in [-0.4, -0.2) is 42.9 Å². The van der Waals surface area contributed by atoms with Crippen LogP contribution in [0.2, 0.25) is 5.02 Å². The van der Waals surface area contributed by atoms with E-state index >= 15 is 0 Å². The highest BCUT2D eigenvalue weighted by molar-refractivity contribution is 7.18. The monoisotopic (exact) mass is 417 g/mol. The number of aryl methyl sites for hydroxylation is 1. The van der Waals surface area contributed by atoms with Gasteiger partial charge in [0.25, 0.3) is 11.8 Å². The van der Waals surface area contributed by atoms with Crippen LogP contribution in [0.1, 0.15) is 25.6 Å². The first-order valence-corrected chi connectivity index (χ1v) is 9.02. The Morgan fingerprint density at radius 2 is 1.96 bits per heavy atom. The average molecular weight is 418 g/mol. The van der Waals surface area contributed by atoms with Gasteiger partial charge in [0.1, 0.15) is 5.82 Å². The molecule has 0 aliphatic carbocycles. The number of carbonyl (C=O) groups excluding carboxylic acids is 2. The molecule has 0 radical (unpaired) electrons. The van der Waals surface area contributed by atoms with Crippen molar-refractivity contribution in [2.75, 3.05) is 31.5 Å². The molecule has 5 nitrogen and oxygen atoms in total. The van der Waals surface area contributed by atoms with Crippen molar-refractivity contribution in [3.63, 3.8) is 0 Å². The van der Waals surface area contributed by atoms with Gasteiger partial charge in [-0.05, 0) is 36.8 Å². The van der Waals surface area contributed by atoms with E-state index in [1.165, 1.54) is 23.5 Å². The van der Waals surface area contributed by atoms with Crippen molar-refractivity contribution in [3.8, 4) is 0 Å². The molecule has 9 heteroatoms. The number of benzene rings is 1. The van der Waals surface area contributed by atoms with Crippen molar-refractivity contribution < 1.29 is 14.0 Å². The fourth-order valence-electron chi connectivity index (χ4n) is 2.62. The zero-order valence-electron chi connectivity index (χ0n) is 14.0. The lowest BCUT2D eigenvalue weighted by atomic mass is 10.2. The van der Waals surface area contributed by atoms with Crippen LogP contribution < -0.4 is 10.6 Å². The Labute approximate surface area is 165 Å². The number of hydrogen-bond donors (Lipinski definition) is 2. The van der Waals surface area contributed by atoms with Gasteiger partial charge in [-0.15, -0.1) is 23.7 Å². The number of carbonyl (C=O) groups is 2. The first-order chi connectivity index (χ1) is 12.0. The summed E-state index contributed by atoms with van der Waals surface area (Å²) in [6.45, 7) is 4.74. The molecular weight excluding hydrogens is 400 g/mol. The Hall–Kier alpha value is -1.67. The fraction of sp³-hybridized carbons (Fsp3) is 0.294. The number of hydrogen-bond acceptors (Lipinski definition) is 4. The molecule has 1 aromatic carbocycles. The van der Waals surface area contributed by atoms with Crippen molar-refractivity contribution in [1.82, 2.24) is 10.2 Å². The summed E-state index contributed by atoms with van der Waals surface area (Å²) in [4.78, 5) is 27.4. The Kier molecular flexibility index (Phi) is 7.00. The number of halogens is 3. The summed E-state index contributed by atoms with van der Waals surface area (Å²) in [5.41, 5.74) is 0.998. The fourth-order valence-corrected chi connectivity index (χ4v) is 3.91. The van der Waals surface area contributed by atoms with E-state index in [2.05, 4.69) is 10.6 Å². The van der Waals surface area contributed by atoms with Crippen LogP contribution in [0.5, 0.6) is 0 Å². The van der Waals surface area contributed by atoms with E-state index in [0.717, 1.165) is 24.7 Å². The highest BCUT2D eigenvalue weighted by Gasteiger charge is 2.22. The van der Waals surface area contributed by atoms with E-state index in [1.807, 2.05) is 6.92 Å². The predicted molar refractivity (Wildman–Crippen MR) is 104 cm³/mol. The van der Waals surface area contributed by atoms with E-state index in [-0.39, 0.29) is 28.9 Å². The molecule has 1 aromatic heterocycles. The SMILES string of the molecule is Cc1cc(NC(=O)c2ccc(F)cc2Cl)sc1C(=O)N1CCNCC1.Cl. The van der Waals surface area contributed by atoms with Crippen LogP contribution in [0.4, 0.5) is 9.39 Å². The van der Waals surface area contributed by atoms with Crippen molar-refractivity contribution >= 4 is 52.2 Å². The Morgan fingerprint density at radius 1 is 1.27 bits per heavy atom. The standard InChI is InChI=1S/C17H17ClFN3O2S.ClH/c1-10-8-14(21-16(23)12-3-2-11(19)9-13(12)18)25-15(10)17(24)22-6-4-20-5-7-22;/h2-3,8-9,20H,4-7H2,1H3,(H,21,23);1H. The Balaban J connectivity index is 0.00000243. The van der Waals surface area contributed by atoms with Gasteiger partial charge < -0.3 is 15.5 Å². The van der Waals surface area contributed by atoms with E-state index in [0.29, 0.717) is 23.0 Å². The summed E-state index contributed by atoms with van der Waals surface area (Å²) in [5.74, 6) is -0.964. The second-order valence-electron chi connectivity index (χ2n) is 5.74. The normalized spacial score (nSPS) is 13.9. The minimum atomic E-state index is -0.502. The van der Waals surface area contributed by atoms with E-state index in [4.69, 9.17) is 11.6 Å². The van der Waals surface area contributed by atoms with Crippen molar-refractivity contribution in [1.29, 1.82) is 0 Å². The average Bonchev–Trinajstić information content (AvgIpc) is 2.95. The zero-order chi connectivity index (χ0) is 18.0. The number of amides is 2. The van der Waals surface area contributed by atoms with Gasteiger partial charge in [-0.3, -0.25) is 9.59 Å². The van der Waals surface area contributed by atoms with Crippen molar-refractivity contribution in [2.45, 2.75) is 6.92 Å². The largest absolute Gasteiger partial charge is 0.335 e. The van der Waals surface area contributed by atoms with Gasteiger partial charge in [0.15, 0.2) is 0 Å². The zero-order valence-corrected chi connectivity index (χ0v) is 16.4. The van der Waals surface area contributed by atoms with E-state index in [9.17, 15) is 14.0 Å². The summed E-state index contributed by atoms with van der Waals surface area (Å²) < 4.78 is 13.1. The van der Waals surface area contributed by atoms with Gasteiger partial charge in [-0.25, -0.2) is 4.39 Å². The van der Waals surface area contributed by atoms with E-state index in [1.54, 1.807) is 11.0 Å². The Bertz CT molecular complexity index is 822. The molecule has 0 unspecified atom stereocenters. The molecule has 1 aliphatic heterocycles. The van der Waals surface area contributed by atoms with Crippen LogP contribution in [-0.2, 0) is 0 Å². The van der Waals surface area contributed by atoms with Gasteiger partial charge in [-0.1, -0.05) is 11.6 Å². The maximum Gasteiger partial charge on any atom is 0.264 e. The van der Waals surface area contributed by atoms with Gasteiger partial charge in [0.2, 0.25) is 0 Å². The minimum Gasteiger partial charge on any atom is -0.335 e. The molecule has 26 heavy (non-hydrogen) atoms. The minimum absolute atomic E-state index is 0. The van der Waals surface area contributed by atoms with Crippen LogP contribution >= 0.6 is 35.3 Å². The molecule has 0 spiro atoms. The lowest BCUT2D eigenvalue weighted by Gasteiger charge is -2.27. The topological polar surface area (TPSA) is 61.4 Å². The molecule has 2 amide bonds. The number of nitrogens with zero attached hydrogens (tertiary/aromatic N) is 1. The first-order valence-electron chi connectivity index (χ1n) is 7.82. The van der Waals surface area contributed by atoms with Crippen LogP contribution in [0, 0.1) is 12.7 Å². The maximum atomic E-state index is 13.1. The first kappa shape index (κ1) is 20.6. The van der Waals surface area contributed by atoms with Crippen LogP contribution in [0.25, 0.3) is 0 Å². The second kappa shape index (κ2) is 8.81. The summed E-state index contributed by atoms with van der Waals surface area (Å²) in [7, 11) is 0. The highest BCUT2D eigenvalue weighted by atomic mass is 35.5. The molecule has 2 N–H and O–H groups in total. The van der Waals surface area contributed by atoms with E-state index < -0.39 is 11.7 Å².